The molecule has 0 radical (unpaired) electrons. The molecule has 5 N–H and O–H groups in total. The Morgan fingerprint density at radius 2 is 1.73 bits per heavy atom. The van der Waals surface area contributed by atoms with Gasteiger partial charge in [-0.05, 0) is 53.6 Å². The van der Waals surface area contributed by atoms with E-state index in [2.05, 4.69) is 41.9 Å². The SMILES string of the molecule is CC(=O)NC(Cc1cc(F)cc(F)c1)[C@H](O)CNCc1cc(CC(C)C)ccc1NCCO. The van der Waals surface area contributed by atoms with Gasteiger partial charge < -0.3 is 26.2 Å². The molecule has 2 aromatic rings. The zero-order valence-corrected chi connectivity index (χ0v) is 19.5. The maximum Gasteiger partial charge on any atom is 0.217 e. The number of carbonyl (C=O) groups excluding carboxylic acids is 1. The van der Waals surface area contributed by atoms with Gasteiger partial charge in [-0.2, -0.15) is 0 Å². The number of anilines is 1. The van der Waals surface area contributed by atoms with Crippen LogP contribution in [0.2, 0.25) is 0 Å². The van der Waals surface area contributed by atoms with Gasteiger partial charge in [-0.25, -0.2) is 8.78 Å². The highest BCUT2D eigenvalue weighted by atomic mass is 19.1. The molecule has 8 heteroatoms. The van der Waals surface area contributed by atoms with Crippen LogP contribution in [-0.2, 0) is 24.2 Å². The molecule has 2 rings (SSSR count). The predicted octanol–water partition coefficient (Wildman–Crippen LogP) is 2.77. The number of hydrogen-bond donors (Lipinski definition) is 5. The summed E-state index contributed by atoms with van der Waals surface area (Å²) in [5, 5.41) is 28.9. The Morgan fingerprint density at radius 1 is 1.03 bits per heavy atom. The van der Waals surface area contributed by atoms with E-state index in [9.17, 15) is 18.7 Å². The van der Waals surface area contributed by atoms with Crippen LogP contribution in [0.25, 0.3) is 0 Å². The molecule has 0 aliphatic rings. The highest BCUT2D eigenvalue weighted by Crippen LogP contribution is 2.20. The standard InChI is InChI=1S/C25H35F2N3O3/c1-16(2)8-18-4-5-23(29-6-7-31)20(9-18)14-28-15-25(33)24(30-17(3)32)12-19-10-21(26)13-22(27)11-19/h4-5,9-11,13,16,24-25,28-29,31,33H,6-8,12,14-15H2,1-3H3,(H,30,32)/t24?,25-/m1/s1. The van der Waals surface area contributed by atoms with Crippen LogP contribution in [0.15, 0.2) is 36.4 Å². The lowest BCUT2D eigenvalue weighted by molar-refractivity contribution is -0.120. The summed E-state index contributed by atoms with van der Waals surface area (Å²) in [5.41, 5.74) is 3.44. The number of aliphatic hydroxyl groups excluding tert-OH is 2. The monoisotopic (exact) mass is 463 g/mol. The largest absolute Gasteiger partial charge is 0.395 e. The number of hydrogen-bond acceptors (Lipinski definition) is 5. The van der Waals surface area contributed by atoms with Gasteiger partial charge in [0.25, 0.3) is 0 Å². The van der Waals surface area contributed by atoms with Crippen molar-refractivity contribution < 1.29 is 23.8 Å². The van der Waals surface area contributed by atoms with Crippen molar-refractivity contribution in [3.63, 3.8) is 0 Å². The van der Waals surface area contributed by atoms with E-state index in [0.717, 1.165) is 23.7 Å². The molecule has 0 saturated carbocycles. The summed E-state index contributed by atoms with van der Waals surface area (Å²) in [6.07, 6.45) is 0.0440. The van der Waals surface area contributed by atoms with E-state index in [-0.39, 0.29) is 25.5 Å². The molecule has 0 heterocycles. The molecule has 0 spiro atoms. The van der Waals surface area contributed by atoms with Gasteiger partial charge in [-0.1, -0.05) is 26.0 Å². The Hall–Kier alpha value is -2.55. The van der Waals surface area contributed by atoms with E-state index in [0.29, 0.717) is 24.6 Å². The minimum absolute atomic E-state index is 0.0123. The minimum atomic E-state index is -0.979. The van der Waals surface area contributed by atoms with Crippen molar-refractivity contribution in [2.75, 3.05) is 25.0 Å². The van der Waals surface area contributed by atoms with Crippen molar-refractivity contribution >= 4 is 11.6 Å². The fourth-order valence-electron chi connectivity index (χ4n) is 3.78. The predicted molar refractivity (Wildman–Crippen MR) is 126 cm³/mol. The number of amides is 1. The number of benzene rings is 2. The summed E-state index contributed by atoms with van der Waals surface area (Å²) in [6.45, 7) is 6.69. The van der Waals surface area contributed by atoms with Crippen molar-refractivity contribution in [2.45, 2.75) is 52.3 Å². The summed E-state index contributed by atoms with van der Waals surface area (Å²) in [4.78, 5) is 11.6. The molecule has 1 unspecified atom stereocenters. The van der Waals surface area contributed by atoms with Crippen molar-refractivity contribution in [2.24, 2.45) is 5.92 Å². The number of halogens is 2. The third kappa shape index (κ3) is 9.45. The van der Waals surface area contributed by atoms with E-state index < -0.39 is 23.8 Å². The molecule has 6 nitrogen and oxygen atoms in total. The first-order chi connectivity index (χ1) is 15.7. The maximum absolute atomic E-state index is 13.5. The van der Waals surface area contributed by atoms with E-state index in [1.807, 2.05) is 6.07 Å². The van der Waals surface area contributed by atoms with Crippen molar-refractivity contribution in [1.29, 1.82) is 0 Å². The highest BCUT2D eigenvalue weighted by Gasteiger charge is 2.21. The summed E-state index contributed by atoms with van der Waals surface area (Å²) in [7, 11) is 0. The number of rotatable bonds is 13. The molecule has 33 heavy (non-hydrogen) atoms. The Labute approximate surface area is 194 Å². The summed E-state index contributed by atoms with van der Waals surface area (Å²) in [5.74, 6) is -1.24. The van der Waals surface area contributed by atoms with Gasteiger partial charge in [0.05, 0.1) is 18.8 Å². The van der Waals surface area contributed by atoms with Crippen LogP contribution in [0.5, 0.6) is 0 Å². The van der Waals surface area contributed by atoms with Crippen LogP contribution in [0.4, 0.5) is 14.5 Å². The molecule has 1 amide bonds. The van der Waals surface area contributed by atoms with Crippen LogP contribution in [0, 0.1) is 17.6 Å². The molecular formula is C25H35F2N3O3. The van der Waals surface area contributed by atoms with Crippen LogP contribution >= 0.6 is 0 Å². The first kappa shape index (κ1) is 26.7. The number of carbonyl (C=O) groups is 1. The second-order valence-corrected chi connectivity index (χ2v) is 8.73. The lowest BCUT2D eigenvalue weighted by Crippen LogP contribution is -2.48. The Kier molecular flexibility index (Phi) is 10.7. The zero-order valence-electron chi connectivity index (χ0n) is 19.5. The van der Waals surface area contributed by atoms with Crippen LogP contribution in [0.1, 0.15) is 37.5 Å². The van der Waals surface area contributed by atoms with E-state index in [1.54, 1.807) is 0 Å². The zero-order chi connectivity index (χ0) is 24.4. The van der Waals surface area contributed by atoms with E-state index in [4.69, 9.17) is 5.11 Å². The smallest absolute Gasteiger partial charge is 0.217 e. The second kappa shape index (κ2) is 13.2. The van der Waals surface area contributed by atoms with Crippen LogP contribution in [-0.4, -0.2) is 48.0 Å². The average molecular weight is 464 g/mol. The fraction of sp³-hybridized carbons (Fsp3) is 0.480. The Balaban J connectivity index is 2.06. The topological polar surface area (TPSA) is 93.6 Å². The van der Waals surface area contributed by atoms with Crippen molar-refractivity contribution in [3.05, 3.63) is 64.7 Å². The third-order valence-corrected chi connectivity index (χ3v) is 5.14. The molecule has 0 fully saturated rings. The van der Waals surface area contributed by atoms with Gasteiger partial charge in [0, 0.05) is 38.3 Å². The first-order valence-electron chi connectivity index (χ1n) is 11.2. The quantitative estimate of drug-likeness (QED) is 0.315. The Morgan fingerprint density at radius 3 is 2.33 bits per heavy atom. The summed E-state index contributed by atoms with van der Waals surface area (Å²) in [6, 6.07) is 8.59. The van der Waals surface area contributed by atoms with Gasteiger partial charge in [0.2, 0.25) is 5.91 Å². The molecule has 2 atom stereocenters. The van der Waals surface area contributed by atoms with Crippen molar-refractivity contribution in [3.8, 4) is 0 Å². The summed E-state index contributed by atoms with van der Waals surface area (Å²) < 4.78 is 27.1. The van der Waals surface area contributed by atoms with Gasteiger partial charge >= 0.3 is 0 Å². The molecular weight excluding hydrogens is 428 g/mol. The normalized spacial score (nSPS) is 13.1. The highest BCUT2D eigenvalue weighted by molar-refractivity contribution is 5.73. The fourth-order valence-corrected chi connectivity index (χ4v) is 3.78. The first-order valence-corrected chi connectivity index (χ1v) is 11.2. The second-order valence-electron chi connectivity index (χ2n) is 8.73. The van der Waals surface area contributed by atoms with Crippen LogP contribution in [0.3, 0.4) is 0 Å². The van der Waals surface area contributed by atoms with Gasteiger partial charge in [0.15, 0.2) is 0 Å². The molecule has 0 saturated heterocycles. The number of nitrogens with one attached hydrogen (secondary N) is 3. The average Bonchev–Trinajstić information content (AvgIpc) is 2.71. The molecule has 0 bridgehead atoms. The molecule has 0 aromatic heterocycles. The van der Waals surface area contributed by atoms with E-state index in [1.165, 1.54) is 24.6 Å². The van der Waals surface area contributed by atoms with Crippen molar-refractivity contribution in [1.82, 2.24) is 10.6 Å². The lowest BCUT2D eigenvalue weighted by atomic mass is 9.99. The Bertz CT molecular complexity index is 888. The van der Waals surface area contributed by atoms with Gasteiger partial charge in [0.1, 0.15) is 11.6 Å². The van der Waals surface area contributed by atoms with Gasteiger partial charge in [-0.3, -0.25) is 4.79 Å². The lowest BCUT2D eigenvalue weighted by Gasteiger charge is -2.24. The van der Waals surface area contributed by atoms with Gasteiger partial charge in [-0.15, -0.1) is 0 Å². The van der Waals surface area contributed by atoms with E-state index >= 15 is 0 Å². The maximum atomic E-state index is 13.5. The number of aliphatic hydroxyl groups is 2. The molecule has 0 aliphatic heterocycles. The molecule has 182 valence electrons. The van der Waals surface area contributed by atoms with Crippen LogP contribution < -0.4 is 16.0 Å². The summed E-state index contributed by atoms with van der Waals surface area (Å²) >= 11 is 0. The molecule has 2 aromatic carbocycles. The minimum Gasteiger partial charge on any atom is -0.395 e. The molecule has 0 aliphatic carbocycles. The third-order valence-electron chi connectivity index (χ3n) is 5.14.